The first-order chi connectivity index (χ1) is 6.09. The van der Waals surface area contributed by atoms with Crippen LogP contribution in [0.3, 0.4) is 0 Å². The van der Waals surface area contributed by atoms with Gasteiger partial charge in [0.1, 0.15) is 0 Å². The van der Waals surface area contributed by atoms with Crippen molar-refractivity contribution in [3.8, 4) is 0 Å². The minimum atomic E-state index is 0.728. The van der Waals surface area contributed by atoms with Crippen LogP contribution >= 0.6 is 0 Å². The molecule has 2 aliphatic rings. The van der Waals surface area contributed by atoms with Gasteiger partial charge in [0, 0.05) is 0 Å². The monoisotopic (exact) mass is 180 g/mol. The summed E-state index contributed by atoms with van der Waals surface area (Å²) in [5, 5.41) is 0. The van der Waals surface area contributed by atoms with E-state index in [1.165, 1.54) is 25.7 Å². The Hall–Kier alpha value is 0. The summed E-state index contributed by atoms with van der Waals surface area (Å²) in [4.78, 5) is 0. The van der Waals surface area contributed by atoms with E-state index >= 15 is 0 Å². The van der Waals surface area contributed by atoms with Crippen molar-refractivity contribution in [1.82, 2.24) is 0 Å². The SMILES string of the molecule is CCCC(C)C1(C)CC2(CC)CC21. The molecule has 4 atom stereocenters. The zero-order valence-corrected chi connectivity index (χ0v) is 9.69. The molecule has 2 rings (SSSR count). The Morgan fingerprint density at radius 1 is 1.38 bits per heavy atom. The standard InChI is InChI=1S/C13H24/c1-5-7-10(3)12(4)9-13(6-2)8-11(12)13/h10-11H,5-9H2,1-4H3. The largest absolute Gasteiger partial charge is 0.0654 e. The lowest BCUT2D eigenvalue weighted by atomic mass is 9.56. The van der Waals surface area contributed by atoms with Crippen LogP contribution in [-0.2, 0) is 0 Å². The van der Waals surface area contributed by atoms with E-state index < -0.39 is 0 Å². The number of hydrogen-bond acceptors (Lipinski definition) is 0. The van der Waals surface area contributed by atoms with E-state index in [9.17, 15) is 0 Å². The average molecular weight is 180 g/mol. The van der Waals surface area contributed by atoms with Crippen LogP contribution in [0.25, 0.3) is 0 Å². The van der Waals surface area contributed by atoms with Gasteiger partial charge in [-0.05, 0) is 35.5 Å². The van der Waals surface area contributed by atoms with Gasteiger partial charge in [-0.1, -0.05) is 47.0 Å². The lowest BCUT2D eigenvalue weighted by Gasteiger charge is -2.49. The zero-order chi connectivity index (χ0) is 9.69. The lowest BCUT2D eigenvalue weighted by molar-refractivity contribution is 0.00179. The third kappa shape index (κ3) is 1.10. The third-order valence-corrected chi connectivity index (χ3v) is 5.27. The van der Waals surface area contributed by atoms with Crippen LogP contribution in [0, 0.1) is 22.7 Å². The lowest BCUT2D eigenvalue weighted by Crippen LogP contribution is -2.41. The van der Waals surface area contributed by atoms with Crippen LogP contribution in [0.5, 0.6) is 0 Å². The van der Waals surface area contributed by atoms with Crippen molar-refractivity contribution in [1.29, 1.82) is 0 Å². The molecule has 0 heteroatoms. The second-order valence-electron chi connectivity index (χ2n) is 5.84. The summed E-state index contributed by atoms with van der Waals surface area (Å²) in [6.07, 6.45) is 7.32. The Labute approximate surface area is 83.1 Å². The van der Waals surface area contributed by atoms with Crippen LogP contribution in [0.15, 0.2) is 0 Å². The Kier molecular flexibility index (Phi) is 2.02. The van der Waals surface area contributed by atoms with E-state index in [-0.39, 0.29) is 0 Å². The summed E-state index contributed by atoms with van der Waals surface area (Å²) >= 11 is 0. The van der Waals surface area contributed by atoms with Crippen LogP contribution in [0.1, 0.15) is 59.8 Å². The van der Waals surface area contributed by atoms with Crippen molar-refractivity contribution in [3.05, 3.63) is 0 Å². The molecule has 2 fully saturated rings. The summed E-state index contributed by atoms with van der Waals surface area (Å²) in [6, 6.07) is 0. The van der Waals surface area contributed by atoms with Crippen LogP contribution in [0.2, 0.25) is 0 Å². The molecule has 0 aliphatic heterocycles. The maximum absolute atomic E-state index is 2.54. The Balaban J connectivity index is 1.95. The first-order valence-corrected chi connectivity index (χ1v) is 6.09. The Morgan fingerprint density at radius 2 is 2.08 bits per heavy atom. The minimum Gasteiger partial charge on any atom is -0.0654 e. The molecule has 13 heavy (non-hydrogen) atoms. The summed E-state index contributed by atoms with van der Waals surface area (Å²) in [5.41, 5.74) is 1.57. The summed E-state index contributed by atoms with van der Waals surface area (Å²) in [5.74, 6) is 2.07. The van der Waals surface area contributed by atoms with Crippen molar-refractivity contribution in [2.45, 2.75) is 59.8 Å². The quantitative estimate of drug-likeness (QED) is 0.606. The average Bonchev–Trinajstić information content (AvgIpc) is 2.73. The molecule has 0 bridgehead atoms. The van der Waals surface area contributed by atoms with Crippen molar-refractivity contribution in [2.75, 3.05) is 0 Å². The van der Waals surface area contributed by atoms with E-state index in [2.05, 4.69) is 27.7 Å². The van der Waals surface area contributed by atoms with E-state index in [4.69, 9.17) is 0 Å². The molecular formula is C13H24. The molecular weight excluding hydrogens is 156 g/mol. The fourth-order valence-corrected chi connectivity index (χ4v) is 4.02. The fourth-order valence-electron chi connectivity index (χ4n) is 4.02. The maximum Gasteiger partial charge on any atom is -0.0258 e. The highest BCUT2D eigenvalue weighted by molar-refractivity contribution is 5.20. The first kappa shape index (κ1) is 9.55. The molecule has 0 spiro atoms. The molecule has 2 aliphatic carbocycles. The molecule has 0 radical (unpaired) electrons. The van der Waals surface area contributed by atoms with Gasteiger partial charge in [-0.15, -0.1) is 0 Å². The van der Waals surface area contributed by atoms with Gasteiger partial charge in [-0.3, -0.25) is 0 Å². The van der Waals surface area contributed by atoms with Crippen LogP contribution in [-0.4, -0.2) is 0 Å². The molecule has 76 valence electrons. The molecule has 0 heterocycles. The summed E-state index contributed by atoms with van der Waals surface area (Å²) < 4.78 is 0. The maximum atomic E-state index is 2.54. The van der Waals surface area contributed by atoms with E-state index in [1.807, 2.05) is 0 Å². The van der Waals surface area contributed by atoms with Gasteiger partial charge in [-0.2, -0.15) is 0 Å². The third-order valence-electron chi connectivity index (χ3n) is 5.27. The highest BCUT2D eigenvalue weighted by Gasteiger charge is 2.72. The highest BCUT2D eigenvalue weighted by atomic mass is 14.8. The van der Waals surface area contributed by atoms with Gasteiger partial charge < -0.3 is 0 Å². The van der Waals surface area contributed by atoms with Crippen molar-refractivity contribution >= 4 is 0 Å². The van der Waals surface area contributed by atoms with Crippen LogP contribution < -0.4 is 0 Å². The molecule has 0 aromatic carbocycles. The van der Waals surface area contributed by atoms with E-state index in [0.717, 1.165) is 22.7 Å². The number of fused-ring (bicyclic) bond motifs is 1. The van der Waals surface area contributed by atoms with E-state index in [1.54, 1.807) is 6.42 Å². The molecule has 4 unspecified atom stereocenters. The number of hydrogen-bond donors (Lipinski definition) is 0. The molecule has 0 aromatic heterocycles. The summed E-state index contributed by atoms with van der Waals surface area (Å²) in [6.45, 7) is 9.71. The van der Waals surface area contributed by atoms with Gasteiger partial charge in [0.15, 0.2) is 0 Å². The molecule has 0 amide bonds. The second-order valence-corrected chi connectivity index (χ2v) is 5.84. The molecule has 0 nitrogen and oxygen atoms in total. The Morgan fingerprint density at radius 3 is 2.46 bits per heavy atom. The molecule has 0 aromatic rings. The topological polar surface area (TPSA) is 0 Å². The van der Waals surface area contributed by atoms with Gasteiger partial charge in [-0.25, -0.2) is 0 Å². The zero-order valence-electron chi connectivity index (χ0n) is 9.69. The second kappa shape index (κ2) is 2.74. The van der Waals surface area contributed by atoms with Crippen molar-refractivity contribution in [2.24, 2.45) is 22.7 Å². The molecule has 0 saturated heterocycles. The smallest absolute Gasteiger partial charge is 0.0258 e. The first-order valence-electron chi connectivity index (χ1n) is 6.09. The predicted octanol–water partition coefficient (Wildman–Crippen LogP) is 4.25. The predicted molar refractivity (Wildman–Crippen MR) is 57.6 cm³/mol. The normalized spacial score (nSPS) is 49.4. The van der Waals surface area contributed by atoms with Gasteiger partial charge >= 0.3 is 0 Å². The summed E-state index contributed by atoms with van der Waals surface area (Å²) in [7, 11) is 0. The van der Waals surface area contributed by atoms with E-state index in [0.29, 0.717) is 0 Å². The number of rotatable bonds is 4. The van der Waals surface area contributed by atoms with Crippen molar-refractivity contribution in [3.63, 3.8) is 0 Å². The minimum absolute atomic E-state index is 0.728. The van der Waals surface area contributed by atoms with Gasteiger partial charge in [0.25, 0.3) is 0 Å². The fraction of sp³-hybridized carbons (Fsp3) is 1.00. The Bertz CT molecular complexity index is 202. The highest BCUT2D eigenvalue weighted by Crippen LogP contribution is 2.80. The van der Waals surface area contributed by atoms with Gasteiger partial charge in [0.2, 0.25) is 0 Å². The van der Waals surface area contributed by atoms with Gasteiger partial charge in [0.05, 0.1) is 0 Å². The van der Waals surface area contributed by atoms with Crippen molar-refractivity contribution < 1.29 is 0 Å². The molecule has 0 N–H and O–H groups in total. The molecule has 2 saturated carbocycles. The van der Waals surface area contributed by atoms with Crippen LogP contribution in [0.4, 0.5) is 0 Å².